The Morgan fingerprint density at radius 2 is 1.93 bits per heavy atom. The van der Waals surface area contributed by atoms with Crippen molar-refractivity contribution in [3.63, 3.8) is 0 Å². The molecule has 0 saturated carbocycles. The van der Waals surface area contributed by atoms with Crippen molar-refractivity contribution in [1.82, 2.24) is 14.7 Å². The van der Waals surface area contributed by atoms with Crippen molar-refractivity contribution in [3.05, 3.63) is 23.9 Å². The highest BCUT2D eigenvalue weighted by Crippen LogP contribution is 2.25. The number of aromatic nitrogens is 2. The summed E-state index contributed by atoms with van der Waals surface area (Å²) in [6, 6.07) is 5.49. The summed E-state index contributed by atoms with van der Waals surface area (Å²) >= 11 is 0. The third kappa shape index (κ3) is 4.87. The normalized spacial score (nSPS) is 11.4. The van der Waals surface area contributed by atoms with Gasteiger partial charge in [-0.2, -0.15) is 5.10 Å². The smallest absolute Gasteiger partial charge is 0.244 e. The Hall–Kier alpha value is -2.37. The number of methoxy groups -OCH3 is 1. The number of amides is 1. The maximum absolute atomic E-state index is 12.8. The second-order valence-electron chi connectivity index (χ2n) is 7.56. The minimum Gasteiger partial charge on any atom is -0.497 e. The number of likely N-dealkylation sites (N-methyl/N-ethyl adjacent to an activating group) is 1. The van der Waals surface area contributed by atoms with Gasteiger partial charge in [-0.05, 0) is 31.4 Å². The number of ether oxygens (including phenoxy) is 1. The Balaban J connectivity index is 2.38. The summed E-state index contributed by atoms with van der Waals surface area (Å²) in [6.45, 7) is 11.5. The molecule has 6 nitrogen and oxygen atoms in total. The summed E-state index contributed by atoms with van der Waals surface area (Å²) in [5, 5.41) is 5.26. The Kier molecular flexibility index (Phi) is 6.99. The number of benzene rings is 1. The third-order valence-electron chi connectivity index (χ3n) is 4.71. The number of ketones is 1. The molecule has 0 bridgehead atoms. The molecule has 0 aliphatic heterocycles. The van der Waals surface area contributed by atoms with Crippen LogP contribution in [-0.4, -0.2) is 46.6 Å². The van der Waals surface area contributed by atoms with Gasteiger partial charge in [0.2, 0.25) is 5.91 Å². The first-order valence-electron chi connectivity index (χ1n) is 9.65. The van der Waals surface area contributed by atoms with Crippen molar-refractivity contribution in [2.75, 3.05) is 20.2 Å². The Morgan fingerprint density at radius 3 is 2.48 bits per heavy atom. The van der Waals surface area contributed by atoms with E-state index in [0.717, 1.165) is 23.9 Å². The molecule has 0 saturated heterocycles. The van der Waals surface area contributed by atoms with E-state index < -0.39 is 0 Å². The van der Waals surface area contributed by atoms with E-state index in [1.165, 1.54) is 0 Å². The monoisotopic (exact) mass is 373 g/mol. The van der Waals surface area contributed by atoms with Crippen LogP contribution in [-0.2, 0) is 11.3 Å². The quantitative estimate of drug-likeness (QED) is 0.628. The number of carbonyl (C=O) groups excluding carboxylic acids is 2. The number of fused-ring (bicyclic) bond motifs is 1. The number of nitrogens with zero attached hydrogens (tertiary/aromatic N) is 3. The molecule has 2 aromatic rings. The highest BCUT2D eigenvalue weighted by atomic mass is 16.5. The van der Waals surface area contributed by atoms with Gasteiger partial charge in [-0.15, -0.1) is 0 Å². The van der Waals surface area contributed by atoms with Gasteiger partial charge in [0.05, 0.1) is 12.6 Å². The first-order chi connectivity index (χ1) is 12.8. The molecule has 2 rings (SSSR count). The van der Waals surface area contributed by atoms with Crippen LogP contribution in [0.25, 0.3) is 10.9 Å². The fraction of sp³-hybridized carbons (Fsp3) is 0.571. The molecule has 0 atom stereocenters. The van der Waals surface area contributed by atoms with Crippen LogP contribution in [0.3, 0.4) is 0 Å². The van der Waals surface area contributed by atoms with Gasteiger partial charge in [0, 0.05) is 30.5 Å². The molecule has 0 fully saturated rings. The van der Waals surface area contributed by atoms with Gasteiger partial charge in [0.1, 0.15) is 18.0 Å². The van der Waals surface area contributed by atoms with E-state index in [9.17, 15) is 9.59 Å². The summed E-state index contributed by atoms with van der Waals surface area (Å²) in [7, 11) is 1.60. The van der Waals surface area contributed by atoms with E-state index >= 15 is 0 Å². The molecule has 148 valence electrons. The molecule has 1 amide bonds. The van der Waals surface area contributed by atoms with E-state index in [1.807, 2.05) is 43.9 Å². The van der Waals surface area contributed by atoms with Crippen LogP contribution in [0, 0.1) is 11.8 Å². The van der Waals surface area contributed by atoms with Crippen molar-refractivity contribution in [2.24, 2.45) is 11.8 Å². The summed E-state index contributed by atoms with van der Waals surface area (Å²) in [6.07, 6.45) is 0.963. The summed E-state index contributed by atoms with van der Waals surface area (Å²) < 4.78 is 6.94. The van der Waals surface area contributed by atoms with Crippen molar-refractivity contribution in [1.29, 1.82) is 0 Å². The van der Waals surface area contributed by atoms with E-state index in [0.29, 0.717) is 23.9 Å². The number of rotatable bonds is 9. The predicted molar refractivity (Wildman–Crippen MR) is 107 cm³/mol. The van der Waals surface area contributed by atoms with Crippen LogP contribution in [0.5, 0.6) is 5.75 Å². The van der Waals surface area contributed by atoms with E-state index in [-0.39, 0.29) is 24.2 Å². The minimum absolute atomic E-state index is 0.00826. The third-order valence-corrected chi connectivity index (χ3v) is 4.71. The number of carbonyl (C=O) groups is 2. The standard InChI is InChI=1S/C21H31N3O3/c1-7-23(11-10-14(2)3)19(25)13-24-18-12-16(27-6)8-9-17(18)20(22-24)21(26)15(4)5/h8-9,12,14-15H,7,10-11,13H2,1-6H3. The van der Waals surface area contributed by atoms with Crippen molar-refractivity contribution < 1.29 is 14.3 Å². The molecule has 0 aliphatic carbocycles. The maximum Gasteiger partial charge on any atom is 0.244 e. The van der Waals surface area contributed by atoms with Gasteiger partial charge < -0.3 is 9.64 Å². The largest absolute Gasteiger partial charge is 0.497 e. The number of Topliss-reactive ketones (excluding diaryl/α,β-unsaturated/α-hetero) is 1. The Labute approximate surface area is 161 Å². The van der Waals surface area contributed by atoms with Crippen LogP contribution in [0.4, 0.5) is 0 Å². The summed E-state index contributed by atoms with van der Waals surface area (Å²) in [5.74, 6) is 1.04. The highest BCUT2D eigenvalue weighted by molar-refractivity contribution is 6.07. The molecule has 1 heterocycles. The second-order valence-corrected chi connectivity index (χ2v) is 7.56. The minimum atomic E-state index is -0.160. The molecule has 0 unspecified atom stereocenters. The van der Waals surface area contributed by atoms with E-state index in [4.69, 9.17) is 4.74 Å². The Morgan fingerprint density at radius 1 is 1.22 bits per heavy atom. The number of hydrogen-bond donors (Lipinski definition) is 0. The van der Waals surface area contributed by atoms with Crippen LogP contribution < -0.4 is 4.74 Å². The van der Waals surface area contributed by atoms with Crippen LogP contribution >= 0.6 is 0 Å². The molecule has 0 spiro atoms. The van der Waals surface area contributed by atoms with Gasteiger partial charge in [0.15, 0.2) is 5.78 Å². The van der Waals surface area contributed by atoms with Gasteiger partial charge in [0.25, 0.3) is 0 Å². The average Bonchev–Trinajstić information content (AvgIpc) is 2.98. The maximum atomic E-state index is 12.8. The zero-order chi connectivity index (χ0) is 20.1. The molecule has 6 heteroatoms. The fourth-order valence-corrected chi connectivity index (χ4v) is 2.96. The van der Waals surface area contributed by atoms with Crippen molar-refractivity contribution >= 4 is 22.6 Å². The van der Waals surface area contributed by atoms with Gasteiger partial charge in [-0.3, -0.25) is 14.3 Å². The summed E-state index contributed by atoms with van der Waals surface area (Å²) in [4.78, 5) is 27.2. The fourth-order valence-electron chi connectivity index (χ4n) is 2.96. The van der Waals surface area contributed by atoms with Gasteiger partial charge in [-0.25, -0.2) is 0 Å². The molecule has 27 heavy (non-hydrogen) atoms. The highest BCUT2D eigenvalue weighted by Gasteiger charge is 2.22. The molecular weight excluding hydrogens is 342 g/mol. The molecule has 0 radical (unpaired) electrons. The van der Waals surface area contributed by atoms with Crippen molar-refractivity contribution in [3.8, 4) is 5.75 Å². The molecule has 1 aromatic heterocycles. The molecule has 0 aliphatic rings. The Bertz CT molecular complexity index is 808. The lowest BCUT2D eigenvalue weighted by molar-refractivity contribution is -0.131. The molecule has 1 aromatic carbocycles. The average molecular weight is 373 g/mol. The molecule has 0 N–H and O–H groups in total. The SMILES string of the molecule is CCN(CCC(C)C)C(=O)Cn1nc(C(=O)C(C)C)c2ccc(OC)cc21. The van der Waals surface area contributed by atoms with Gasteiger partial charge >= 0.3 is 0 Å². The molecular formula is C21H31N3O3. The van der Waals surface area contributed by atoms with Crippen LogP contribution in [0.1, 0.15) is 51.5 Å². The number of hydrogen-bond acceptors (Lipinski definition) is 4. The van der Waals surface area contributed by atoms with Gasteiger partial charge in [-0.1, -0.05) is 27.7 Å². The van der Waals surface area contributed by atoms with E-state index in [1.54, 1.807) is 11.8 Å². The van der Waals surface area contributed by atoms with Crippen LogP contribution in [0.15, 0.2) is 18.2 Å². The lowest BCUT2D eigenvalue weighted by Gasteiger charge is -2.22. The lowest BCUT2D eigenvalue weighted by Crippen LogP contribution is -2.35. The zero-order valence-corrected chi connectivity index (χ0v) is 17.3. The first kappa shape index (κ1) is 20.9. The lowest BCUT2D eigenvalue weighted by atomic mass is 10.0. The topological polar surface area (TPSA) is 64.4 Å². The van der Waals surface area contributed by atoms with E-state index in [2.05, 4.69) is 18.9 Å². The van der Waals surface area contributed by atoms with Crippen molar-refractivity contribution in [2.45, 2.75) is 47.6 Å². The summed E-state index contributed by atoms with van der Waals surface area (Å²) in [5.41, 5.74) is 1.16. The predicted octanol–water partition coefficient (Wildman–Crippen LogP) is 3.78. The first-order valence-corrected chi connectivity index (χ1v) is 9.65. The zero-order valence-electron chi connectivity index (χ0n) is 17.3. The van der Waals surface area contributed by atoms with Crippen LogP contribution in [0.2, 0.25) is 0 Å². The second kappa shape index (κ2) is 9.02.